The van der Waals surface area contributed by atoms with E-state index in [0.717, 1.165) is 13.0 Å². The first-order valence-corrected chi connectivity index (χ1v) is 11.3. The summed E-state index contributed by atoms with van der Waals surface area (Å²) in [4.78, 5) is 2.53. The highest BCUT2D eigenvalue weighted by atomic mass is 15.2. The fourth-order valence-electron chi connectivity index (χ4n) is 4.62. The Bertz CT molecular complexity index is 918. The molecule has 1 N–H and O–H groups in total. The van der Waals surface area contributed by atoms with Gasteiger partial charge in [-0.25, -0.2) is 0 Å². The van der Waals surface area contributed by atoms with Crippen LogP contribution in [0.25, 0.3) is 0 Å². The summed E-state index contributed by atoms with van der Waals surface area (Å²) >= 11 is 0. The fourth-order valence-corrected chi connectivity index (χ4v) is 4.62. The third kappa shape index (κ3) is 4.33. The van der Waals surface area contributed by atoms with Crippen LogP contribution in [0.5, 0.6) is 0 Å². The Hall–Kier alpha value is -2.48. The average Bonchev–Trinajstić information content (AvgIpc) is 2.96. The molecule has 0 spiro atoms. The third-order valence-corrected chi connectivity index (χ3v) is 6.48. The number of para-hydroxylation sites is 2. The molecule has 0 atom stereocenters. The molecule has 0 saturated carbocycles. The molecule has 2 aromatic carbocycles. The Morgan fingerprint density at radius 3 is 2.47 bits per heavy atom. The first kappa shape index (κ1) is 22.2. The molecule has 0 aromatic heterocycles. The lowest BCUT2D eigenvalue weighted by Crippen LogP contribution is -2.26. The van der Waals surface area contributed by atoms with Gasteiger partial charge in [0.2, 0.25) is 0 Å². The molecular formula is C28H38N2. The zero-order valence-electron chi connectivity index (χ0n) is 19.6. The predicted molar refractivity (Wildman–Crippen MR) is 133 cm³/mol. The van der Waals surface area contributed by atoms with E-state index in [0.29, 0.717) is 0 Å². The van der Waals surface area contributed by atoms with Crippen molar-refractivity contribution in [1.82, 2.24) is 0 Å². The second kappa shape index (κ2) is 9.12. The van der Waals surface area contributed by atoms with Gasteiger partial charge in [0.05, 0.1) is 0 Å². The maximum absolute atomic E-state index is 3.34. The first-order chi connectivity index (χ1) is 14.3. The molecule has 1 aliphatic heterocycles. The standard InChI is InChI=1S/C28H38N2/c1-7-8-21-30-25-18-12-10-16-23(25)28(4,5)26(30)19-13-14-20-27(2,3)22-15-9-11-17-24(22)29-6/h9-19,29H,7-8,20-21H2,1-6H3/b14-13+,26-19+. The molecule has 0 bridgehead atoms. The van der Waals surface area contributed by atoms with E-state index in [1.807, 2.05) is 7.05 Å². The van der Waals surface area contributed by atoms with Crippen LogP contribution in [-0.4, -0.2) is 13.6 Å². The van der Waals surface area contributed by atoms with E-state index in [-0.39, 0.29) is 10.8 Å². The highest BCUT2D eigenvalue weighted by Crippen LogP contribution is 2.47. The van der Waals surface area contributed by atoms with Gasteiger partial charge in [-0.3, -0.25) is 0 Å². The van der Waals surface area contributed by atoms with E-state index in [2.05, 4.69) is 112 Å². The van der Waals surface area contributed by atoms with Crippen molar-refractivity contribution in [1.29, 1.82) is 0 Å². The Labute approximate surface area is 183 Å². The average molecular weight is 403 g/mol. The summed E-state index contributed by atoms with van der Waals surface area (Å²) in [6.45, 7) is 12.7. The number of nitrogens with one attached hydrogen (secondary N) is 1. The smallest absolute Gasteiger partial charge is 0.0450 e. The van der Waals surface area contributed by atoms with Crippen molar-refractivity contribution < 1.29 is 0 Å². The molecule has 0 fully saturated rings. The molecule has 1 heterocycles. The Balaban J connectivity index is 1.84. The van der Waals surface area contributed by atoms with Gasteiger partial charge in [-0.15, -0.1) is 0 Å². The lowest BCUT2D eigenvalue weighted by molar-refractivity contribution is 0.535. The van der Waals surface area contributed by atoms with Gasteiger partial charge >= 0.3 is 0 Å². The van der Waals surface area contributed by atoms with Crippen LogP contribution >= 0.6 is 0 Å². The van der Waals surface area contributed by atoms with Gasteiger partial charge in [-0.1, -0.05) is 89.6 Å². The number of benzene rings is 2. The van der Waals surface area contributed by atoms with Gasteiger partial charge in [0.25, 0.3) is 0 Å². The van der Waals surface area contributed by atoms with Crippen molar-refractivity contribution in [2.24, 2.45) is 0 Å². The summed E-state index contributed by atoms with van der Waals surface area (Å²) in [7, 11) is 2.00. The van der Waals surface area contributed by atoms with E-state index < -0.39 is 0 Å². The van der Waals surface area contributed by atoms with Gasteiger partial charge in [-0.05, 0) is 47.6 Å². The molecule has 3 rings (SSSR count). The normalized spacial score (nSPS) is 17.0. The second-order valence-corrected chi connectivity index (χ2v) is 9.51. The lowest BCUT2D eigenvalue weighted by Gasteiger charge is -2.27. The number of nitrogens with zero attached hydrogens (tertiary/aromatic N) is 1. The summed E-state index contributed by atoms with van der Waals surface area (Å²) in [5, 5.41) is 3.34. The maximum atomic E-state index is 3.34. The van der Waals surface area contributed by atoms with E-state index in [1.54, 1.807) is 0 Å². The van der Waals surface area contributed by atoms with E-state index in [9.17, 15) is 0 Å². The Kier molecular flexibility index (Phi) is 6.75. The Morgan fingerprint density at radius 1 is 1.03 bits per heavy atom. The van der Waals surface area contributed by atoms with Gasteiger partial charge in [0, 0.05) is 36.1 Å². The van der Waals surface area contributed by atoms with Crippen LogP contribution in [0.15, 0.2) is 72.5 Å². The summed E-state index contributed by atoms with van der Waals surface area (Å²) in [5.41, 5.74) is 6.90. The molecule has 0 unspecified atom stereocenters. The summed E-state index contributed by atoms with van der Waals surface area (Å²) in [5.74, 6) is 0. The lowest BCUT2D eigenvalue weighted by atomic mass is 9.80. The topological polar surface area (TPSA) is 15.3 Å². The van der Waals surface area contributed by atoms with E-state index in [1.165, 1.54) is 41.0 Å². The van der Waals surface area contributed by atoms with Crippen LogP contribution in [0.2, 0.25) is 0 Å². The number of hydrogen-bond acceptors (Lipinski definition) is 2. The summed E-state index contributed by atoms with van der Waals surface area (Å²) < 4.78 is 0. The largest absolute Gasteiger partial charge is 0.388 e. The molecule has 30 heavy (non-hydrogen) atoms. The minimum atomic E-state index is 0.0307. The molecule has 2 heteroatoms. The molecular weight excluding hydrogens is 364 g/mol. The summed E-state index contributed by atoms with van der Waals surface area (Å²) in [6.07, 6.45) is 10.4. The van der Waals surface area contributed by atoms with Gasteiger partial charge in [-0.2, -0.15) is 0 Å². The molecule has 2 aromatic rings. The van der Waals surface area contributed by atoms with Crippen LogP contribution in [-0.2, 0) is 10.8 Å². The highest BCUT2D eigenvalue weighted by Gasteiger charge is 2.39. The Morgan fingerprint density at radius 2 is 1.73 bits per heavy atom. The molecule has 160 valence electrons. The molecule has 2 nitrogen and oxygen atoms in total. The third-order valence-electron chi connectivity index (χ3n) is 6.48. The maximum Gasteiger partial charge on any atom is 0.0450 e. The number of unbranched alkanes of at least 4 members (excludes halogenated alkanes) is 1. The van der Waals surface area contributed by atoms with Crippen molar-refractivity contribution in [2.45, 2.75) is 64.7 Å². The van der Waals surface area contributed by atoms with Crippen LogP contribution in [0, 0.1) is 0 Å². The molecule has 0 aliphatic carbocycles. The molecule has 0 saturated heterocycles. The second-order valence-electron chi connectivity index (χ2n) is 9.51. The zero-order valence-corrected chi connectivity index (χ0v) is 19.6. The van der Waals surface area contributed by atoms with Crippen molar-refractivity contribution in [3.8, 4) is 0 Å². The number of rotatable bonds is 8. The van der Waals surface area contributed by atoms with Crippen molar-refractivity contribution in [3.63, 3.8) is 0 Å². The van der Waals surface area contributed by atoms with Gasteiger partial charge in [0.1, 0.15) is 0 Å². The van der Waals surface area contributed by atoms with Crippen LogP contribution < -0.4 is 10.2 Å². The van der Waals surface area contributed by atoms with Crippen molar-refractivity contribution in [2.75, 3.05) is 23.8 Å². The number of allylic oxidation sites excluding steroid dienone is 4. The minimum absolute atomic E-state index is 0.0307. The molecule has 1 aliphatic rings. The number of hydrogen-bond donors (Lipinski definition) is 1. The summed E-state index contributed by atoms with van der Waals surface area (Å²) in [6, 6.07) is 17.5. The molecule has 0 radical (unpaired) electrons. The predicted octanol–water partition coefficient (Wildman–Crippen LogP) is 7.43. The van der Waals surface area contributed by atoms with E-state index >= 15 is 0 Å². The SMILES string of the molecule is CCCCN1/C(=C/C=C/CC(C)(C)c2ccccc2NC)C(C)(C)c2ccccc21. The van der Waals surface area contributed by atoms with Gasteiger partial charge in [0.15, 0.2) is 0 Å². The van der Waals surface area contributed by atoms with Gasteiger partial charge < -0.3 is 10.2 Å². The minimum Gasteiger partial charge on any atom is -0.388 e. The number of anilines is 2. The first-order valence-electron chi connectivity index (χ1n) is 11.3. The quantitative estimate of drug-likeness (QED) is 0.494. The zero-order chi connectivity index (χ0) is 21.8. The fraction of sp³-hybridized carbons (Fsp3) is 0.429. The van der Waals surface area contributed by atoms with Crippen LogP contribution in [0.1, 0.15) is 65.0 Å². The molecule has 0 amide bonds. The van der Waals surface area contributed by atoms with Crippen LogP contribution in [0.4, 0.5) is 11.4 Å². The highest BCUT2D eigenvalue weighted by molar-refractivity contribution is 5.70. The van der Waals surface area contributed by atoms with Crippen LogP contribution in [0.3, 0.4) is 0 Å². The van der Waals surface area contributed by atoms with E-state index in [4.69, 9.17) is 0 Å². The van der Waals surface area contributed by atoms with Crippen molar-refractivity contribution in [3.05, 3.63) is 83.6 Å². The number of fused-ring (bicyclic) bond motifs is 1. The van der Waals surface area contributed by atoms with Crippen molar-refractivity contribution >= 4 is 11.4 Å². The monoisotopic (exact) mass is 402 g/mol.